The lowest BCUT2D eigenvalue weighted by Crippen LogP contribution is -2.50. The fourth-order valence-corrected chi connectivity index (χ4v) is 4.92. The molecule has 34 heavy (non-hydrogen) atoms. The number of piperazine rings is 1. The van der Waals surface area contributed by atoms with Gasteiger partial charge in [-0.25, -0.2) is 4.98 Å². The van der Waals surface area contributed by atoms with E-state index in [0.717, 1.165) is 31.7 Å². The van der Waals surface area contributed by atoms with Crippen LogP contribution in [0.4, 0.5) is 23.1 Å². The predicted molar refractivity (Wildman–Crippen MR) is 127 cm³/mol. The Morgan fingerprint density at radius 1 is 1.24 bits per heavy atom. The number of aromatic nitrogens is 4. The molecule has 4 heterocycles. The summed E-state index contributed by atoms with van der Waals surface area (Å²) in [5.41, 5.74) is 2.40. The highest BCUT2D eigenvalue weighted by atomic mass is 35.5. The first-order valence-electron chi connectivity index (χ1n) is 11.1. The highest BCUT2D eigenvalue weighted by Crippen LogP contribution is 2.37. The molecule has 5 rings (SSSR count). The normalized spacial score (nSPS) is 20.1. The monoisotopic (exact) mass is 478 g/mol. The largest absolute Gasteiger partial charge is 0.392 e. The van der Waals surface area contributed by atoms with Crippen molar-refractivity contribution in [3.05, 3.63) is 34.6 Å². The van der Waals surface area contributed by atoms with Crippen LogP contribution in [0.5, 0.6) is 0 Å². The number of imidazole rings is 1. The lowest BCUT2D eigenvalue weighted by Gasteiger charge is -2.39. The Balaban J connectivity index is 1.51. The van der Waals surface area contributed by atoms with Gasteiger partial charge < -0.3 is 20.6 Å². The molecule has 2 saturated heterocycles. The van der Waals surface area contributed by atoms with E-state index in [4.69, 9.17) is 11.6 Å². The summed E-state index contributed by atoms with van der Waals surface area (Å²) in [6.45, 7) is 5.52. The maximum Gasteiger partial charge on any atom is 0.247 e. The summed E-state index contributed by atoms with van der Waals surface area (Å²) >= 11 is 6.83. The molecular formula is C22H23ClN10O. The summed E-state index contributed by atoms with van der Waals surface area (Å²) in [4.78, 5) is 13.2. The lowest BCUT2D eigenvalue weighted by molar-refractivity contribution is 0.173. The molecule has 2 aromatic heterocycles. The van der Waals surface area contributed by atoms with E-state index < -0.39 is 0 Å². The molecule has 0 saturated carbocycles. The summed E-state index contributed by atoms with van der Waals surface area (Å²) in [6, 6.07) is 7.96. The number of aliphatic hydroxyl groups excluding tert-OH is 1. The van der Waals surface area contributed by atoms with Crippen molar-refractivity contribution in [3.63, 3.8) is 0 Å². The van der Waals surface area contributed by atoms with Crippen LogP contribution in [-0.4, -0.2) is 74.5 Å². The molecule has 12 heteroatoms. The van der Waals surface area contributed by atoms with Crippen molar-refractivity contribution < 1.29 is 5.11 Å². The van der Waals surface area contributed by atoms with Crippen LogP contribution in [0, 0.1) is 22.7 Å². The second kappa shape index (κ2) is 8.95. The highest BCUT2D eigenvalue weighted by molar-refractivity contribution is 6.36. The second-order valence-electron chi connectivity index (χ2n) is 8.38. The van der Waals surface area contributed by atoms with Gasteiger partial charge in [0.1, 0.15) is 6.07 Å². The molecule has 11 nitrogen and oxygen atoms in total. The molecule has 2 atom stereocenters. The third-order valence-electron chi connectivity index (χ3n) is 6.18. The van der Waals surface area contributed by atoms with E-state index in [9.17, 15) is 15.6 Å². The molecular weight excluding hydrogens is 456 g/mol. The lowest BCUT2D eigenvalue weighted by atomic mass is 10.1. The van der Waals surface area contributed by atoms with Crippen molar-refractivity contribution in [1.82, 2.24) is 24.5 Å². The number of nitriles is 2. The quantitative estimate of drug-likeness (QED) is 0.498. The summed E-state index contributed by atoms with van der Waals surface area (Å²) in [5, 5.41) is 40.2. The Morgan fingerprint density at radius 2 is 2.09 bits per heavy atom. The highest BCUT2D eigenvalue weighted by Gasteiger charge is 2.36. The zero-order valence-corrected chi connectivity index (χ0v) is 19.3. The number of nitrogens with zero attached hydrogens (tertiary/aromatic N) is 8. The third kappa shape index (κ3) is 3.94. The molecule has 2 fully saturated rings. The maximum absolute atomic E-state index is 10.0. The van der Waals surface area contributed by atoms with Gasteiger partial charge in [0.15, 0.2) is 17.2 Å². The minimum atomic E-state index is -0.303. The summed E-state index contributed by atoms with van der Waals surface area (Å²) in [5.74, 6) is 0.690. The molecule has 0 bridgehead atoms. The van der Waals surface area contributed by atoms with Crippen molar-refractivity contribution >= 4 is 40.4 Å². The van der Waals surface area contributed by atoms with Gasteiger partial charge in [-0.1, -0.05) is 11.6 Å². The maximum atomic E-state index is 10.0. The van der Waals surface area contributed by atoms with Gasteiger partial charge in [0.25, 0.3) is 0 Å². The van der Waals surface area contributed by atoms with Gasteiger partial charge in [0.05, 0.1) is 40.3 Å². The number of hydrogen-bond donors (Lipinski definition) is 3. The number of benzene rings is 1. The zero-order chi connectivity index (χ0) is 23.8. The van der Waals surface area contributed by atoms with Crippen molar-refractivity contribution in [2.75, 3.05) is 48.3 Å². The van der Waals surface area contributed by atoms with E-state index in [-0.39, 0.29) is 23.8 Å². The van der Waals surface area contributed by atoms with E-state index in [1.54, 1.807) is 12.1 Å². The Kier molecular flexibility index (Phi) is 5.84. The number of nitrogens with one attached hydrogen (secondary N) is 2. The minimum Gasteiger partial charge on any atom is -0.392 e. The first-order valence-corrected chi connectivity index (χ1v) is 11.5. The van der Waals surface area contributed by atoms with E-state index in [2.05, 4.69) is 47.6 Å². The molecule has 174 valence electrons. The van der Waals surface area contributed by atoms with Crippen LogP contribution >= 0.6 is 11.6 Å². The molecule has 0 radical (unpaired) electrons. The average Bonchev–Trinajstić information content (AvgIpc) is 3.42. The second-order valence-corrected chi connectivity index (χ2v) is 8.76. The van der Waals surface area contributed by atoms with Gasteiger partial charge in [0, 0.05) is 38.8 Å². The van der Waals surface area contributed by atoms with Crippen molar-refractivity contribution in [1.29, 1.82) is 10.5 Å². The van der Waals surface area contributed by atoms with Crippen LogP contribution in [-0.2, 0) is 0 Å². The molecule has 0 aliphatic carbocycles. The van der Waals surface area contributed by atoms with Crippen LogP contribution in [0.15, 0.2) is 18.3 Å². The van der Waals surface area contributed by atoms with Crippen molar-refractivity contribution in [2.24, 2.45) is 0 Å². The van der Waals surface area contributed by atoms with E-state index in [1.807, 2.05) is 6.92 Å². The number of hydrogen-bond acceptors (Lipinski definition) is 10. The van der Waals surface area contributed by atoms with Crippen LogP contribution in [0.2, 0.25) is 5.02 Å². The minimum absolute atomic E-state index is 0.213. The third-order valence-corrected chi connectivity index (χ3v) is 6.58. The Morgan fingerprint density at radius 3 is 2.85 bits per heavy atom. The fraction of sp³-hybridized carbons (Fsp3) is 0.409. The van der Waals surface area contributed by atoms with Crippen molar-refractivity contribution in [3.8, 4) is 12.1 Å². The Labute approximate surface area is 201 Å². The number of anilines is 4. The predicted octanol–water partition coefficient (Wildman–Crippen LogP) is 1.95. The smallest absolute Gasteiger partial charge is 0.247 e. The first-order chi connectivity index (χ1) is 16.5. The molecule has 2 aliphatic heterocycles. The van der Waals surface area contributed by atoms with Crippen LogP contribution in [0.3, 0.4) is 0 Å². The number of aliphatic hydroxyl groups is 1. The summed E-state index contributed by atoms with van der Waals surface area (Å²) in [7, 11) is 0. The van der Waals surface area contributed by atoms with Gasteiger partial charge in [-0.05, 0) is 25.5 Å². The van der Waals surface area contributed by atoms with Gasteiger partial charge >= 0.3 is 0 Å². The SMILES string of the molecule is CCNc1nc(Nc2cc(C#N)cc(N3CCN4C[C@H](O)C[C@H]4C3)c2Cl)nn2c(C#N)cnc12. The molecule has 3 N–H and O–H groups in total. The van der Waals surface area contributed by atoms with Gasteiger partial charge in [-0.3, -0.25) is 4.90 Å². The topological polar surface area (TPSA) is 141 Å². The number of rotatable bonds is 5. The molecule has 0 amide bonds. The van der Waals surface area contributed by atoms with Crippen LogP contribution in [0.25, 0.3) is 5.65 Å². The fourth-order valence-electron chi connectivity index (χ4n) is 4.65. The van der Waals surface area contributed by atoms with Crippen LogP contribution < -0.4 is 15.5 Å². The summed E-state index contributed by atoms with van der Waals surface area (Å²) < 4.78 is 1.42. The van der Waals surface area contributed by atoms with E-state index in [1.165, 1.54) is 10.7 Å². The van der Waals surface area contributed by atoms with Crippen molar-refractivity contribution in [2.45, 2.75) is 25.5 Å². The van der Waals surface area contributed by atoms with Gasteiger partial charge in [0.2, 0.25) is 5.95 Å². The zero-order valence-electron chi connectivity index (χ0n) is 18.5. The van der Waals surface area contributed by atoms with E-state index >= 15 is 0 Å². The van der Waals surface area contributed by atoms with E-state index in [0.29, 0.717) is 40.8 Å². The van der Waals surface area contributed by atoms with Gasteiger partial charge in [-0.15, -0.1) is 5.10 Å². The standard InChI is InChI=1S/C22H23ClN10O/c1-2-26-20-21-27-10-15(9-25)33(21)30-22(29-20)28-17-5-13(8-24)6-18(19(17)23)32-4-3-31-12-16(34)7-14(31)11-32/h5-6,10,14,16,34H,2-4,7,11-12H2,1H3,(H2,26,28,29,30)/t14-,16+/m0/s1. The van der Waals surface area contributed by atoms with Crippen LogP contribution in [0.1, 0.15) is 24.6 Å². The molecule has 1 aromatic carbocycles. The van der Waals surface area contributed by atoms with Gasteiger partial charge in [-0.2, -0.15) is 20.0 Å². The average molecular weight is 479 g/mol. The summed E-state index contributed by atoms with van der Waals surface area (Å²) in [6.07, 6.45) is 1.86. The molecule has 0 unspecified atom stereocenters. The molecule has 0 spiro atoms. The Bertz CT molecular complexity index is 1330. The first kappa shape index (κ1) is 22.2. The number of halogens is 1. The Hall–Kier alpha value is -3.64. The number of fused-ring (bicyclic) bond motifs is 2. The molecule has 3 aromatic rings. The molecule has 2 aliphatic rings.